The minimum Gasteiger partial charge on any atom is -0.454 e. The zero-order chi connectivity index (χ0) is 16.3. The highest BCUT2D eigenvalue weighted by Gasteiger charge is 2.29. The second kappa shape index (κ2) is 6.23. The zero-order valence-electron chi connectivity index (χ0n) is 12.9. The third-order valence-electron chi connectivity index (χ3n) is 3.07. The summed E-state index contributed by atoms with van der Waals surface area (Å²) >= 11 is 0. The van der Waals surface area contributed by atoms with E-state index in [9.17, 15) is 14.9 Å². The number of nitrogens with one attached hydrogen (secondary N) is 1. The smallest absolute Gasteiger partial charge is 0.384 e. The van der Waals surface area contributed by atoms with E-state index in [2.05, 4.69) is 10.3 Å². The van der Waals surface area contributed by atoms with Gasteiger partial charge < -0.3 is 20.2 Å². The number of hydrogen-bond donors (Lipinski definition) is 1. The first-order valence-electron chi connectivity index (χ1n) is 7.07. The van der Waals surface area contributed by atoms with Gasteiger partial charge in [-0.25, -0.2) is 4.79 Å². The summed E-state index contributed by atoms with van der Waals surface area (Å²) in [5.41, 5.74) is 0.851. The third kappa shape index (κ3) is 3.88. The van der Waals surface area contributed by atoms with E-state index in [-0.39, 0.29) is 11.5 Å². The van der Waals surface area contributed by atoms with E-state index in [0.29, 0.717) is 12.1 Å². The van der Waals surface area contributed by atoms with Crippen molar-refractivity contribution < 1.29 is 14.5 Å². The van der Waals surface area contributed by atoms with E-state index in [1.54, 1.807) is 26.8 Å². The average Bonchev–Trinajstić information content (AvgIpc) is 2.45. The van der Waals surface area contributed by atoms with Crippen molar-refractivity contribution in [3.8, 4) is 0 Å². The van der Waals surface area contributed by atoms with Gasteiger partial charge in [0.1, 0.15) is 5.60 Å². The summed E-state index contributed by atoms with van der Waals surface area (Å²) < 4.78 is 5.32. The van der Waals surface area contributed by atoms with Crippen molar-refractivity contribution >= 4 is 17.4 Å². The number of pyridine rings is 1. The monoisotopic (exact) mass is 305 g/mol. The fourth-order valence-corrected chi connectivity index (χ4v) is 2.16. The van der Waals surface area contributed by atoms with Crippen LogP contribution in [0.2, 0.25) is 0 Å². The quantitative estimate of drug-likeness (QED) is 0.523. The van der Waals surface area contributed by atoms with Gasteiger partial charge in [0, 0.05) is 18.2 Å². The fourth-order valence-electron chi connectivity index (χ4n) is 2.16. The molecule has 22 heavy (non-hydrogen) atoms. The van der Waals surface area contributed by atoms with Crippen LogP contribution in [0.3, 0.4) is 0 Å². The van der Waals surface area contributed by atoms with E-state index in [0.717, 1.165) is 18.5 Å². The number of hydrogen-bond acceptors (Lipinski definition) is 6. The summed E-state index contributed by atoms with van der Waals surface area (Å²) in [6.07, 6.45) is 2.69. The Morgan fingerprint density at radius 2 is 2.14 bits per heavy atom. The lowest BCUT2D eigenvalue weighted by atomic mass is 9.98. The molecule has 1 aliphatic heterocycles. The van der Waals surface area contributed by atoms with Crippen molar-refractivity contribution in [1.29, 1.82) is 0 Å². The average molecular weight is 305 g/mol. The predicted octanol–water partition coefficient (Wildman–Crippen LogP) is 2.32. The van der Waals surface area contributed by atoms with Gasteiger partial charge in [-0.05, 0) is 55.3 Å². The molecule has 0 fully saturated rings. The van der Waals surface area contributed by atoms with E-state index >= 15 is 0 Å². The number of ether oxygens (including phenoxy) is 1. The third-order valence-corrected chi connectivity index (χ3v) is 3.07. The van der Waals surface area contributed by atoms with Gasteiger partial charge in [-0.15, -0.1) is 0 Å². The summed E-state index contributed by atoms with van der Waals surface area (Å²) in [6, 6.07) is 2.88. The molecular formula is C15H19N3O4. The number of esters is 1. The van der Waals surface area contributed by atoms with Crippen LogP contribution in [0.5, 0.6) is 0 Å². The Labute approximate surface area is 128 Å². The molecule has 0 atom stereocenters. The van der Waals surface area contributed by atoms with Crippen molar-refractivity contribution in [2.45, 2.75) is 32.8 Å². The van der Waals surface area contributed by atoms with Gasteiger partial charge in [0.05, 0.1) is 0 Å². The van der Waals surface area contributed by atoms with Gasteiger partial charge >= 0.3 is 11.8 Å². The summed E-state index contributed by atoms with van der Waals surface area (Å²) in [4.78, 5) is 26.5. The Morgan fingerprint density at radius 1 is 1.41 bits per heavy atom. The number of aromatic nitrogens is 1. The van der Waals surface area contributed by atoms with Gasteiger partial charge in [-0.1, -0.05) is 6.08 Å². The molecule has 0 unspecified atom stereocenters. The van der Waals surface area contributed by atoms with Crippen molar-refractivity contribution in [2.24, 2.45) is 0 Å². The molecule has 0 radical (unpaired) electrons. The molecule has 0 saturated heterocycles. The van der Waals surface area contributed by atoms with Crippen LogP contribution >= 0.6 is 0 Å². The molecule has 2 heterocycles. The van der Waals surface area contributed by atoms with Crippen LogP contribution in [0, 0.1) is 10.1 Å². The second-order valence-corrected chi connectivity index (χ2v) is 6.01. The number of rotatable bonds is 3. The molecule has 1 aliphatic rings. The minimum atomic E-state index is -0.691. The summed E-state index contributed by atoms with van der Waals surface area (Å²) in [5, 5.41) is 14.1. The molecule has 0 aromatic carbocycles. The maximum Gasteiger partial charge on any atom is 0.384 e. The van der Waals surface area contributed by atoms with Crippen LogP contribution in [0.25, 0.3) is 5.57 Å². The van der Waals surface area contributed by atoms with Gasteiger partial charge in [0.25, 0.3) is 5.69 Å². The molecule has 0 spiro atoms. The molecule has 1 N–H and O–H groups in total. The Bertz CT molecular complexity index is 632. The van der Waals surface area contributed by atoms with Crippen molar-refractivity contribution in [3.63, 3.8) is 0 Å². The minimum absolute atomic E-state index is 0.00252. The largest absolute Gasteiger partial charge is 0.454 e. The van der Waals surface area contributed by atoms with Crippen LogP contribution in [0.15, 0.2) is 18.2 Å². The van der Waals surface area contributed by atoms with Crippen molar-refractivity contribution in [1.82, 2.24) is 10.3 Å². The van der Waals surface area contributed by atoms with E-state index in [1.165, 1.54) is 6.07 Å². The number of carbonyl (C=O) groups excluding carboxylic acids is 1. The first-order valence-corrected chi connectivity index (χ1v) is 7.07. The Balaban J connectivity index is 2.46. The SMILES string of the molecule is CC(C)(C)OC(=O)c1nc([N+](=O)[O-])ccc1C1=CCNCC1. The maximum atomic E-state index is 12.3. The maximum absolute atomic E-state index is 12.3. The molecule has 118 valence electrons. The highest BCUT2D eigenvalue weighted by Crippen LogP contribution is 2.26. The van der Waals surface area contributed by atoms with Crippen molar-refractivity contribution in [3.05, 3.63) is 39.6 Å². The number of nitrogens with zero attached hydrogens (tertiary/aromatic N) is 2. The molecule has 1 aromatic heterocycles. The molecule has 7 nitrogen and oxygen atoms in total. The van der Waals surface area contributed by atoms with Gasteiger partial charge in [0.15, 0.2) is 0 Å². The van der Waals surface area contributed by atoms with Crippen molar-refractivity contribution in [2.75, 3.05) is 13.1 Å². The molecule has 0 aliphatic carbocycles. The molecule has 7 heteroatoms. The number of nitro groups is 1. The summed E-state index contributed by atoms with van der Waals surface area (Å²) in [5.74, 6) is -1.01. The van der Waals surface area contributed by atoms with Gasteiger partial charge in [0.2, 0.25) is 0 Å². The van der Waals surface area contributed by atoms with E-state index in [4.69, 9.17) is 4.74 Å². The number of carbonyl (C=O) groups is 1. The van der Waals surface area contributed by atoms with Crippen LogP contribution in [0.4, 0.5) is 5.82 Å². The summed E-state index contributed by atoms with van der Waals surface area (Å²) in [7, 11) is 0. The Kier molecular flexibility index (Phi) is 4.56. The lowest BCUT2D eigenvalue weighted by Gasteiger charge is -2.20. The molecule has 1 aromatic rings. The standard InChI is InChI=1S/C15H19N3O4/c1-15(2,3)22-14(19)13-11(10-6-8-16-9-7-10)4-5-12(17-13)18(20)21/h4-6,16H,7-9H2,1-3H3. The lowest BCUT2D eigenvalue weighted by Crippen LogP contribution is -2.26. The Morgan fingerprint density at radius 3 is 2.68 bits per heavy atom. The fraction of sp³-hybridized carbons (Fsp3) is 0.467. The van der Waals surface area contributed by atoms with Crippen LogP contribution in [-0.2, 0) is 4.74 Å². The topological polar surface area (TPSA) is 94.4 Å². The summed E-state index contributed by atoms with van der Waals surface area (Å²) in [6.45, 7) is 6.71. The van der Waals surface area contributed by atoms with Crippen LogP contribution in [-0.4, -0.2) is 34.6 Å². The normalized spacial score (nSPS) is 15.1. The van der Waals surface area contributed by atoms with Gasteiger partial charge in [-0.2, -0.15) is 0 Å². The lowest BCUT2D eigenvalue weighted by molar-refractivity contribution is -0.389. The highest BCUT2D eigenvalue weighted by atomic mass is 16.6. The Hall–Kier alpha value is -2.28. The first kappa shape index (κ1) is 16.1. The molecule has 2 rings (SSSR count). The molecular weight excluding hydrogens is 286 g/mol. The van der Waals surface area contributed by atoms with E-state index < -0.39 is 16.5 Å². The molecule has 0 amide bonds. The highest BCUT2D eigenvalue weighted by molar-refractivity contribution is 5.94. The predicted molar refractivity (Wildman–Crippen MR) is 81.5 cm³/mol. The zero-order valence-corrected chi connectivity index (χ0v) is 12.9. The molecule has 0 bridgehead atoms. The van der Waals surface area contributed by atoms with Gasteiger partial charge in [-0.3, -0.25) is 0 Å². The van der Waals surface area contributed by atoms with Crippen LogP contribution in [0.1, 0.15) is 43.2 Å². The van der Waals surface area contributed by atoms with E-state index in [1.807, 2.05) is 6.08 Å². The molecule has 0 saturated carbocycles. The first-order chi connectivity index (χ1) is 10.3. The van der Waals surface area contributed by atoms with Crippen LogP contribution < -0.4 is 5.32 Å². The second-order valence-electron chi connectivity index (χ2n) is 6.01.